The maximum atomic E-state index is 13.5. The number of urea groups is 1. The number of carbonyl (C=O) groups excluding carboxylic acids is 1. The normalized spacial score (nSPS) is 26.4. The number of rotatable bonds is 2. The molecule has 2 amide bonds. The molecule has 24 heavy (non-hydrogen) atoms. The zero-order chi connectivity index (χ0) is 17.3. The van der Waals surface area contributed by atoms with Gasteiger partial charge in [-0.25, -0.2) is 13.6 Å². The van der Waals surface area contributed by atoms with Gasteiger partial charge in [0.15, 0.2) is 11.6 Å². The van der Waals surface area contributed by atoms with Crippen LogP contribution in [-0.4, -0.2) is 48.8 Å². The van der Waals surface area contributed by atoms with Gasteiger partial charge in [-0.05, 0) is 38.0 Å². The summed E-state index contributed by atoms with van der Waals surface area (Å²) in [7, 11) is 0. The standard InChI is InChI=1S/C17H23F2N3O2/c1-17(2)10-22(7-6-20-17)16(23)21-14-5-8-24-15(14)11-3-4-12(18)13(19)9-11/h3-4,9,14-15,20H,5-8,10H2,1-2H3,(H,21,23)/t14-,15+/m1/s1. The molecule has 2 fully saturated rings. The summed E-state index contributed by atoms with van der Waals surface area (Å²) in [6, 6.07) is 3.33. The van der Waals surface area contributed by atoms with Gasteiger partial charge in [0.1, 0.15) is 6.10 Å². The molecule has 0 saturated carbocycles. The average molecular weight is 339 g/mol. The molecule has 1 aromatic rings. The Hall–Kier alpha value is -1.73. The lowest BCUT2D eigenvalue weighted by atomic mass is 10.0. The number of nitrogens with zero attached hydrogens (tertiary/aromatic N) is 1. The van der Waals surface area contributed by atoms with Gasteiger partial charge in [-0.3, -0.25) is 0 Å². The molecule has 0 spiro atoms. The fourth-order valence-electron chi connectivity index (χ4n) is 3.32. The van der Waals surface area contributed by atoms with E-state index in [0.717, 1.165) is 18.7 Å². The van der Waals surface area contributed by atoms with Crippen molar-refractivity contribution in [1.82, 2.24) is 15.5 Å². The van der Waals surface area contributed by atoms with Crippen molar-refractivity contribution in [2.45, 2.75) is 38.0 Å². The van der Waals surface area contributed by atoms with Crippen LogP contribution in [0.5, 0.6) is 0 Å². The summed E-state index contributed by atoms with van der Waals surface area (Å²) in [5.74, 6) is -1.79. The van der Waals surface area contributed by atoms with Crippen LogP contribution in [0, 0.1) is 11.6 Å². The number of hydrogen-bond donors (Lipinski definition) is 2. The van der Waals surface area contributed by atoms with E-state index in [4.69, 9.17) is 4.74 Å². The summed E-state index contributed by atoms with van der Waals surface area (Å²) in [5.41, 5.74) is 0.415. The van der Waals surface area contributed by atoms with E-state index in [0.29, 0.717) is 31.7 Å². The smallest absolute Gasteiger partial charge is 0.317 e. The number of carbonyl (C=O) groups is 1. The number of piperazine rings is 1. The maximum absolute atomic E-state index is 13.5. The first-order chi connectivity index (χ1) is 11.4. The van der Waals surface area contributed by atoms with Crippen LogP contribution in [0.3, 0.4) is 0 Å². The fraction of sp³-hybridized carbons (Fsp3) is 0.588. The lowest BCUT2D eigenvalue weighted by molar-refractivity contribution is 0.0956. The van der Waals surface area contributed by atoms with E-state index in [-0.39, 0.29) is 17.6 Å². The Labute approximate surface area is 140 Å². The van der Waals surface area contributed by atoms with Crippen molar-refractivity contribution in [3.05, 3.63) is 35.4 Å². The molecule has 1 aromatic carbocycles. The van der Waals surface area contributed by atoms with Gasteiger partial charge in [0.05, 0.1) is 6.04 Å². The Bertz CT molecular complexity index is 624. The van der Waals surface area contributed by atoms with Gasteiger partial charge in [-0.1, -0.05) is 6.07 Å². The van der Waals surface area contributed by atoms with E-state index in [1.165, 1.54) is 6.07 Å². The van der Waals surface area contributed by atoms with E-state index >= 15 is 0 Å². The molecule has 0 aliphatic carbocycles. The van der Waals surface area contributed by atoms with Crippen LogP contribution in [0.25, 0.3) is 0 Å². The number of amides is 2. The molecule has 2 aliphatic heterocycles. The Morgan fingerprint density at radius 3 is 2.88 bits per heavy atom. The molecule has 7 heteroatoms. The largest absolute Gasteiger partial charge is 0.371 e. The summed E-state index contributed by atoms with van der Waals surface area (Å²) in [6.07, 6.45) is 0.185. The van der Waals surface area contributed by atoms with Crippen molar-refractivity contribution in [3.8, 4) is 0 Å². The number of benzene rings is 1. The molecular weight excluding hydrogens is 316 g/mol. The third-order valence-electron chi connectivity index (χ3n) is 4.53. The second-order valence-corrected chi connectivity index (χ2v) is 7.04. The molecular formula is C17H23F2N3O2. The van der Waals surface area contributed by atoms with Crippen molar-refractivity contribution < 1.29 is 18.3 Å². The Balaban J connectivity index is 1.67. The molecule has 132 valence electrons. The van der Waals surface area contributed by atoms with Gasteiger partial charge in [-0.2, -0.15) is 0 Å². The SMILES string of the molecule is CC1(C)CN(C(=O)N[C@@H]2CCO[C@H]2c2ccc(F)c(F)c2)CCN1. The summed E-state index contributed by atoms with van der Waals surface area (Å²) < 4.78 is 32.2. The van der Waals surface area contributed by atoms with Gasteiger partial charge in [0.25, 0.3) is 0 Å². The minimum absolute atomic E-state index is 0.124. The van der Waals surface area contributed by atoms with Crippen LogP contribution in [0.1, 0.15) is 31.9 Å². The third-order valence-corrected chi connectivity index (χ3v) is 4.53. The molecule has 0 unspecified atom stereocenters. The van der Waals surface area contributed by atoms with E-state index < -0.39 is 17.7 Å². The summed E-state index contributed by atoms with van der Waals surface area (Å²) >= 11 is 0. The highest BCUT2D eigenvalue weighted by Gasteiger charge is 2.34. The second-order valence-electron chi connectivity index (χ2n) is 7.04. The van der Waals surface area contributed by atoms with Gasteiger partial charge in [-0.15, -0.1) is 0 Å². The minimum Gasteiger partial charge on any atom is -0.371 e. The molecule has 0 bridgehead atoms. The number of nitrogens with one attached hydrogen (secondary N) is 2. The second kappa shape index (κ2) is 6.64. The average Bonchev–Trinajstić information content (AvgIpc) is 2.97. The lowest BCUT2D eigenvalue weighted by Crippen LogP contribution is -2.60. The Morgan fingerprint density at radius 2 is 2.17 bits per heavy atom. The quantitative estimate of drug-likeness (QED) is 0.868. The first-order valence-electron chi connectivity index (χ1n) is 8.23. The van der Waals surface area contributed by atoms with Gasteiger partial charge < -0.3 is 20.3 Å². The van der Waals surface area contributed by atoms with Crippen LogP contribution in [0.2, 0.25) is 0 Å². The van der Waals surface area contributed by atoms with Gasteiger partial charge in [0.2, 0.25) is 0 Å². The molecule has 2 saturated heterocycles. The minimum atomic E-state index is -0.906. The van der Waals surface area contributed by atoms with Crippen molar-refractivity contribution in [3.63, 3.8) is 0 Å². The van der Waals surface area contributed by atoms with E-state index in [9.17, 15) is 13.6 Å². The van der Waals surface area contributed by atoms with Crippen molar-refractivity contribution >= 4 is 6.03 Å². The predicted molar refractivity (Wildman–Crippen MR) is 85.6 cm³/mol. The van der Waals surface area contributed by atoms with E-state index in [1.807, 2.05) is 0 Å². The van der Waals surface area contributed by atoms with Crippen LogP contribution in [0.15, 0.2) is 18.2 Å². The highest BCUT2D eigenvalue weighted by molar-refractivity contribution is 5.75. The Kier molecular flexibility index (Phi) is 4.73. The molecule has 2 N–H and O–H groups in total. The summed E-state index contributed by atoms with van der Waals surface area (Å²) in [6.45, 7) is 6.57. The first kappa shape index (κ1) is 17.1. The maximum Gasteiger partial charge on any atom is 0.317 e. The lowest BCUT2D eigenvalue weighted by Gasteiger charge is -2.39. The monoisotopic (exact) mass is 339 g/mol. The highest BCUT2D eigenvalue weighted by Crippen LogP contribution is 2.30. The molecule has 2 aliphatic rings. The third kappa shape index (κ3) is 3.67. The summed E-state index contributed by atoms with van der Waals surface area (Å²) in [4.78, 5) is 14.3. The van der Waals surface area contributed by atoms with Crippen LogP contribution in [0.4, 0.5) is 13.6 Å². The first-order valence-corrected chi connectivity index (χ1v) is 8.23. The van der Waals surface area contributed by atoms with Crippen molar-refractivity contribution in [2.24, 2.45) is 0 Å². The summed E-state index contributed by atoms with van der Waals surface area (Å²) in [5, 5.41) is 6.35. The van der Waals surface area contributed by atoms with E-state index in [2.05, 4.69) is 24.5 Å². The molecule has 2 atom stereocenters. The van der Waals surface area contributed by atoms with Crippen LogP contribution < -0.4 is 10.6 Å². The molecule has 5 nitrogen and oxygen atoms in total. The molecule has 0 aromatic heterocycles. The zero-order valence-corrected chi connectivity index (χ0v) is 13.9. The van der Waals surface area contributed by atoms with Crippen LogP contribution in [-0.2, 0) is 4.74 Å². The zero-order valence-electron chi connectivity index (χ0n) is 13.9. The van der Waals surface area contributed by atoms with Crippen molar-refractivity contribution in [2.75, 3.05) is 26.2 Å². The van der Waals surface area contributed by atoms with E-state index in [1.54, 1.807) is 4.90 Å². The Morgan fingerprint density at radius 1 is 1.38 bits per heavy atom. The fourth-order valence-corrected chi connectivity index (χ4v) is 3.32. The molecule has 0 radical (unpaired) electrons. The van der Waals surface area contributed by atoms with Gasteiger partial charge >= 0.3 is 6.03 Å². The van der Waals surface area contributed by atoms with Crippen molar-refractivity contribution in [1.29, 1.82) is 0 Å². The molecule has 3 rings (SSSR count). The number of ether oxygens (including phenoxy) is 1. The predicted octanol–water partition coefficient (Wildman–Crippen LogP) is 2.19. The highest BCUT2D eigenvalue weighted by atomic mass is 19.2. The van der Waals surface area contributed by atoms with Gasteiger partial charge in [0, 0.05) is 31.8 Å². The number of hydrogen-bond acceptors (Lipinski definition) is 3. The van der Waals surface area contributed by atoms with Crippen LogP contribution >= 0.6 is 0 Å². The topological polar surface area (TPSA) is 53.6 Å². The molecule has 2 heterocycles. The number of halogens is 2.